The van der Waals surface area contributed by atoms with E-state index in [-0.39, 0.29) is 11.8 Å². The molecule has 1 aromatic rings. The zero-order valence-corrected chi connectivity index (χ0v) is 13.1. The molecule has 0 aliphatic heterocycles. The van der Waals surface area contributed by atoms with E-state index in [0.717, 1.165) is 15.8 Å². The van der Waals surface area contributed by atoms with Gasteiger partial charge in [-0.1, -0.05) is 15.9 Å². The van der Waals surface area contributed by atoms with Crippen molar-refractivity contribution >= 4 is 25.8 Å². The predicted molar refractivity (Wildman–Crippen MR) is 77.0 cm³/mol. The van der Waals surface area contributed by atoms with E-state index in [1.54, 1.807) is 14.2 Å². The number of nitrogens with one attached hydrogen (secondary N) is 1. The van der Waals surface area contributed by atoms with Gasteiger partial charge in [0, 0.05) is 16.8 Å². The van der Waals surface area contributed by atoms with E-state index in [1.165, 1.54) is 6.26 Å². The lowest BCUT2D eigenvalue weighted by Crippen LogP contribution is -2.34. The van der Waals surface area contributed by atoms with Gasteiger partial charge in [0.25, 0.3) is 0 Å². The maximum Gasteiger partial charge on any atom is 0.148 e. The van der Waals surface area contributed by atoms with Gasteiger partial charge in [0.05, 0.1) is 12.9 Å². The highest BCUT2D eigenvalue weighted by Gasteiger charge is 2.16. The van der Waals surface area contributed by atoms with Crippen LogP contribution in [-0.2, 0) is 16.3 Å². The minimum absolute atomic E-state index is 0.110. The van der Waals surface area contributed by atoms with Crippen LogP contribution in [0, 0.1) is 0 Å². The summed E-state index contributed by atoms with van der Waals surface area (Å²) in [6.07, 6.45) is 1.85. The molecule has 0 aliphatic carbocycles. The molecular weight excluding hydrogens is 318 g/mol. The molecule has 4 nitrogen and oxygen atoms in total. The Kier molecular flexibility index (Phi) is 5.62. The van der Waals surface area contributed by atoms with Gasteiger partial charge < -0.3 is 10.1 Å². The molecule has 1 atom stereocenters. The molecular formula is C12H18BrNO3S. The van der Waals surface area contributed by atoms with Gasteiger partial charge in [0.15, 0.2) is 0 Å². The monoisotopic (exact) mass is 335 g/mol. The fourth-order valence-corrected chi connectivity index (χ4v) is 3.21. The molecule has 1 rings (SSSR count). The zero-order chi connectivity index (χ0) is 13.8. The predicted octanol–water partition coefficient (Wildman–Crippen LogP) is 1.63. The van der Waals surface area contributed by atoms with Gasteiger partial charge in [-0.05, 0) is 37.2 Å². The molecule has 0 aromatic heterocycles. The molecule has 6 heteroatoms. The van der Waals surface area contributed by atoms with Crippen molar-refractivity contribution < 1.29 is 13.2 Å². The van der Waals surface area contributed by atoms with Crippen molar-refractivity contribution in [2.75, 3.05) is 26.2 Å². The Morgan fingerprint density at radius 1 is 1.44 bits per heavy atom. The third-order valence-electron chi connectivity index (χ3n) is 2.62. The number of sulfone groups is 1. The van der Waals surface area contributed by atoms with Crippen molar-refractivity contribution in [2.24, 2.45) is 0 Å². The quantitative estimate of drug-likeness (QED) is 0.858. The van der Waals surface area contributed by atoms with Crippen molar-refractivity contribution in [3.05, 3.63) is 28.2 Å². The second-order valence-corrected chi connectivity index (χ2v) is 7.34. The summed E-state index contributed by atoms with van der Waals surface area (Å²) in [5.74, 6) is 0.881. The van der Waals surface area contributed by atoms with Gasteiger partial charge >= 0.3 is 0 Å². The van der Waals surface area contributed by atoms with E-state index in [1.807, 2.05) is 18.2 Å². The molecule has 1 N–H and O–H groups in total. The Labute approximate surface area is 117 Å². The lowest BCUT2D eigenvalue weighted by molar-refractivity contribution is 0.407. The van der Waals surface area contributed by atoms with Crippen LogP contribution in [0.4, 0.5) is 0 Å². The fraction of sp³-hybridized carbons (Fsp3) is 0.500. The summed E-state index contributed by atoms with van der Waals surface area (Å²) < 4.78 is 28.9. The van der Waals surface area contributed by atoms with E-state index in [4.69, 9.17) is 4.74 Å². The molecule has 0 heterocycles. The Morgan fingerprint density at radius 3 is 2.61 bits per heavy atom. The van der Waals surface area contributed by atoms with Crippen LogP contribution in [0.1, 0.15) is 5.56 Å². The van der Waals surface area contributed by atoms with Crippen molar-refractivity contribution in [3.63, 3.8) is 0 Å². The molecule has 18 heavy (non-hydrogen) atoms. The van der Waals surface area contributed by atoms with Gasteiger partial charge in [-0.15, -0.1) is 0 Å². The molecule has 0 saturated carbocycles. The van der Waals surface area contributed by atoms with Gasteiger partial charge in [0.2, 0.25) is 0 Å². The smallest absolute Gasteiger partial charge is 0.148 e. The first kappa shape index (κ1) is 15.5. The summed E-state index contributed by atoms with van der Waals surface area (Å²) in [5, 5.41) is 3.03. The third-order valence-corrected chi connectivity index (χ3v) is 4.12. The lowest BCUT2D eigenvalue weighted by atomic mass is 10.1. The fourth-order valence-electron chi connectivity index (χ4n) is 1.78. The number of hydrogen-bond donors (Lipinski definition) is 1. The second kappa shape index (κ2) is 6.54. The minimum Gasteiger partial charge on any atom is -0.496 e. The van der Waals surface area contributed by atoms with E-state index in [2.05, 4.69) is 21.2 Å². The molecule has 102 valence electrons. The first-order chi connectivity index (χ1) is 8.35. The van der Waals surface area contributed by atoms with Gasteiger partial charge in [-0.3, -0.25) is 0 Å². The van der Waals surface area contributed by atoms with E-state index in [9.17, 15) is 8.42 Å². The number of likely N-dealkylation sites (N-methyl/N-ethyl adjacent to an activating group) is 1. The zero-order valence-electron chi connectivity index (χ0n) is 10.7. The molecule has 0 fully saturated rings. The standard InChI is InChI=1S/C12H18BrNO3S/c1-14-11(8-18(3,15)16)7-9-6-10(13)4-5-12(9)17-2/h4-6,11,14H,7-8H2,1-3H3. The van der Waals surface area contributed by atoms with Crippen molar-refractivity contribution in [2.45, 2.75) is 12.5 Å². The van der Waals surface area contributed by atoms with Gasteiger partial charge in [-0.25, -0.2) is 8.42 Å². The summed E-state index contributed by atoms with van der Waals surface area (Å²) in [5.41, 5.74) is 0.981. The highest BCUT2D eigenvalue weighted by atomic mass is 79.9. The summed E-state index contributed by atoms with van der Waals surface area (Å²) in [6, 6.07) is 5.59. The van der Waals surface area contributed by atoms with Crippen molar-refractivity contribution in [1.82, 2.24) is 5.32 Å². The average Bonchev–Trinajstić information content (AvgIpc) is 2.26. The van der Waals surface area contributed by atoms with E-state index in [0.29, 0.717) is 6.42 Å². The van der Waals surface area contributed by atoms with Crippen LogP contribution < -0.4 is 10.1 Å². The first-order valence-electron chi connectivity index (χ1n) is 5.53. The van der Waals surface area contributed by atoms with Crippen LogP contribution in [0.15, 0.2) is 22.7 Å². The average molecular weight is 336 g/mol. The summed E-state index contributed by atoms with van der Waals surface area (Å²) in [6.45, 7) is 0. The van der Waals surface area contributed by atoms with Crippen molar-refractivity contribution in [3.8, 4) is 5.75 Å². The highest BCUT2D eigenvalue weighted by Crippen LogP contribution is 2.24. The molecule has 1 unspecified atom stereocenters. The lowest BCUT2D eigenvalue weighted by Gasteiger charge is -2.17. The van der Waals surface area contributed by atoms with Gasteiger partial charge in [0.1, 0.15) is 15.6 Å². The van der Waals surface area contributed by atoms with Crippen LogP contribution >= 0.6 is 15.9 Å². The number of halogens is 1. The molecule has 0 aliphatic rings. The Balaban J connectivity index is 2.90. The minimum atomic E-state index is -3.00. The van der Waals surface area contributed by atoms with Crippen LogP contribution in [0.25, 0.3) is 0 Å². The van der Waals surface area contributed by atoms with Crippen LogP contribution in [0.2, 0.25) is 0 Å². The number of rotatable bonds is 6. The van der Waals surface area contributed by atoms with E-state index < -0.39 is 9.84 Å². The maximum absolute atomic E-state index is 11.3. The summed E-state index contributed by atoms with van der Waals surface area (Å²) >= 11 is 3.40. The molecule has 0 bridgehead atoms. The summed E-state index contributed by atoms with van der Waals surface area (Å²) in [4.78, 5) is 0. The second-order valence-electron chi connectivity index (χ2n) is 4.24. The number of methoxy groups -OCH3 is 1. The normalized spacial score (nSPS) is 13.3. The van der Waals surface area contributed by atoms with Crippen molar-refractivity contribution in [1.29, 1.82) is 0 Å². The molecule has 0 amide bonds. The number of hydrogen-bond acceptors (Lipinski definition) is 4. The molecule has 1 aromatic carbocycles. The maximum atomic E-state index is 11.3. The van der Waals surface area contributed by atoms with Crippen LogP contribution in [0.5, 0.6) is 5.75 Å². The molecule has 0 saturated heterocycles. The number of ether oxygens (including phenoxy) is 1. The SMILES string of the molecule is CNC(Cc1cc(Br)ccc1OC)CS(C)(=O)=O. The molecule has 0 radical (unpaired) electrons. The highest BCUT2D eigenvalue weighted by molar-refractivity contribution is 9.10. The van der Waals surface area contributed by atoms with Crippen LogP contribution in [0.3, 0.4) is 0 Å². The van der Waals surface area contributed by atoms with Crippen LogP contribution in [-0.4, -0.2) is 40.6 Å². The first-order valence-corrected chi connectivity index (χ1v) is 8.38. The molecule has 0 spiro atoms. The number of benzene rings is 1. The summed E-state index contributed by atoms with van der Waals surface area (Å²) in [7, 11) is 0.373. The Morgan fingerprint density at radius 2 is 2.11 bits per heavy atom. The topological polar surface area (TPSA) is 55.4 Å². The van der Waals surface area contributed by atoms with E-state index >= 15 is 0 Å². The Hall–Kier alpha value is -0.590. The van der Waals surface area contributed by atoms with Gasteiger partial charge in [-0.2, -0.15) is 0 Å². The Bertz CT molecular complexity index is 502. The largest absolute Gasteiger partial charge is 0.496 e. The third kappa shape index (κ3) is 4.96.